The van der Waals surface area contributed by atoms with Crippen molar-refractivity contribution in [3.63, 3.8) is 0 Å². The number of rotatable bonds is 6. The van der Waals surface area contributed by atoms with Crippen molar-refractivity contribution in [3.8, 4) is 0 Å². The first-order valence-electron chi connectivity index (χ1n) is 17.1. The largest absolute Gasteiger partial charge is 0.480 e. The number of carbonyl (C=O) groups is 2. The highest BCUT2D eigenvalue weighted by Crippen LogP contribution is 2.53. The SMILES string of the molecule is C[C@]12CCCC(C[C@@H](N3/C(=C4\CCCN(CC(=O)O)C4)N(CC(=O)O)c4ccccc43)C1)N2C1C[C@H]2CCCC[C@@H](C1)C2. The molecule has 234 valence electrons. The van der Waals surface area contributed by atoms with Gasteiger partial charge in [0.15, 0.2) is 0 Å². The van der Waals surface area contributed by atoms with Gasteiger partial charge in [0.1, 0.15) is 12.4 Å². The molecular formula is C35H50N4O4. The fraction of sp³-hybridized carbons (Fsp3) is 0.714. The highest BCUT2D eigenvalue weighted by molar-refractivity contribution is 5.88. The highest BCUT2D eigenvalue weighted by Gasteiger charge is 2.53. The third-order valence-corrected chi connectivity index (χ3v) is 11.9. The molecule has 0 spiro atoms. The Morgan fingerprint density at radius 2 is 1.56 bits per heavy atom. The number of anilines is 2. The van der Waals surface area contributed by atoms with Crippen molar-refractivity contribution in [3.05, 3.63) is 35.7 Å². The summed E-state index contributed by atoms with van der Waals surface area (Å²) in [6.45, 7) is 3.81. The van der Waals surface area contributed by atoms with E-state index in [4.69, 9.17) is 0 Å². The number of para-hydroxylation sites is 2. The lowest BCUT2D eigenvalue weighted by Crippen LogP contribution is -2.66. The van der Waals surface area contributed by atoms with E-state index in [-0.39, 0.29) is 24.7 Å². The number of hydrogen-bond acceptors (Lipinski definition) is 6. The molecule has 4 heterocycles. The first kappa shape index (κ1) is 29.1. The average Bonchev–Trinajstić information content (AvgIpc) is 3.17. The molecular weight excluding hydrogens is 540 g/mol. The van der Waals surface area contributed by atoms with Crippen molar-refractivity contribution in [2.24, 2.45) is 11.8 Å². The molecule has 5 fully saturated rings. The normalized spacial score (nSPS) is 36.7. The lowest BCUT2D eigenvalue weighted by Gasteiger charge is -2.61. The molecule has 2 unspecified atom stereocenters. The van der Waals surface area contributed by atoms with Crippen LogP contribution in [-0.2, 0) is 9.59 Å². The molecule has 6 aliphatic rings. The van der Waals surface area contributed by atoms with Gasteiger partial charge in [-0.25, -0.2) is 0 Å². The molecule has 4 aliphatic heterocycles. The van der Waals surface area contributed by atoms with Crippen molar-refractivity contribution in [1.29, 1.82) is 0 Å². The third-order valence-electron chi connectivity index (χ3n) is 11.9. The summed E-state index contributed by atoms with van der Waals surface area (Å²) < 4.78 is 0. The molecule has 3 saturated heterocycles. The van der Waals surface area contributed by atoms with Gasteiger partial charge in [-0.3, -0.25) is 19.4 Å². The van der Waals surface area contributed by atoms with Crippen LogP contribution in [0.2, 0.25) is 0 Å². The monoisotopic (exact) mass is 590 g/mol. The maximum Gasteiger partial charge on any atom is 0.323 e. The summed E-state index contributed by atoms with van der Waals surface area (Å²) in [7, 11) is 0. The zero-order valence-electron chi connectivity index (χ0n) is 25.9. The van der Waals surface area contributed by atoms with Crippen LogP contribution in [0.4, 0.5) is 11.4 Å². The van der Waals surface area contributed by atoms with Gasteiger partial charge < -0.3 is 20.0 Å². The van der Waals surface area contributed by atoms with E-state index in [1.807, 2.05) is 15.9 Å². The van der Waals surface area contributed by atoms with Crippen molar-refractivity contribution in [2.75, 3.05) is 36.0 Å². The van der Waals surface area contributed by atoms with Gasteiger partial charge >= 0.3 is 11.9 Å². The van der Waals surface area contributed by atoms with E-state index in [1.165, 1.54) is 69.8 Å². The molecule has 2 aliphatic carbocycles. The molecule has 0 radical (unpaired) electrons. The molecule has 4 bridgehead atoms. The van der Waals surface area contributed by atoms with Crippen LogP contribution >= 0.6 is 0 Å². The van der Waals surface area contributed by atoms with Crippen molar-refractivity contribution >= 4 is 23.3 Å². The Hall–Kier alpha value is -2.58. The number of piperidine rings is 3. The maximum absolute atomic E-state index is 12.2. The van der Waals surface area contributed by atoms with E-state index in [0.29, 0.717) is 18.6 Å². The number of likely N-dealkylation sites (tertiary alicyclic amines) is 1. The molecule has 2 saturated carbocycles. The summed E-state index contributed by atoms with van der Waals surface area (Å²) >= 11 is 0. The summed E-state index contributed by atoms with van der Waals surface area (Å²) in [5.74, 6) is 1.17. The lowest BCUT2D eigenvalue weighted by atomic mass is 9.68. The second-order valence-corrected chi connectivity index (χ2v) is 14.9. The van der Waals surface area contributed by atoms with Gasteiger partial charge in [-0.15, -0.1) is 0 Å². The topological polar surface area (TPSA) is 87.6 Å². The minimum absolute atomic E-state index is 0.0184. The summed E-state index contributed by atoms with van der Waals surface area (Å²) in [6, 6.07) is 9.88. The van der Waals surface area contributed by atoms with Crippen LogP contribution in [0.5, 0.6) is 0 Å². The molecule has 43 heavy (non-hydrogen) atoms. The second kappa shape index (κ2) is 11.7. The number of carboxylic acids is 2. The van der Waals surface area contributed by atoms with E-state index in [2.05, 4.69) is 34.9 Å². The number of hydrogen-bond donors (Lipinski definition) is 2. The number of fused-ring (bicyclic) bond motifs is 5. The first-order chi connectivity index (χ1) is 20.8. The summed E-state index contributed by atoms with van der Waals surface area (Å²) in [5.41, 5.74) is 3.41. The van der Waals surface area contributed by atoms with Crippen LogP contribution in [0, 0.1) is 11.8 Å². The fourth-order valence-corrected chi connectivity index (χ4v) is 10.5. The summed E-state index contributed by atoms with van der Waals surface area (Å²) in [5, 5.41) is 19.6. The predicted octanol–water partition coefficient (Wildman–Crippen LogP) is 5.92. The zero-order chi connectivity index (χ0) is 29.7. The number of benzene rings is 1. The van der Waals surface area contributed by atoms with Crippen molar-refractivity contribution in [1.82, 2.24) is 9.80 Å². The minimum atomic E-state index is -0.842. The Bertz CT molecular complexity index is 1250. The number of nitrogens with zero attached hydrogens (tertiary/aromatic N) is 4. The summed E-state index contributed by atoms with van der Waals surface area (Å²) in [6.07, 6.45) is 17.6. The Morgan fingerprint density at radius 1 is 0.837 bits per heavy atom. The van der Waals surface area contributed by atoms with E-state index in [1.54, 1.807) is 0 Å². The first-order valence-corrected chi connectivity index (χ1v) is 17.1. The molecule has 6 atom stereocenters. The molecule has 2 N–H and O–H groups in total. The third kappa shape index (κ3) is 5.58. The van der Waals surface area contributed by atoms with Crippen molar-refractivity contribution < 1.29 is 19.8 Å². The average molecular weight is 591 g/mol. The quantitative estimate of drug-likeness (QED) is 0.422. The van der Waals surface area contributed by atoms with Crippen LogP contribution in [-0.4, -0.2) is 81.8 Å². The Morgan fingerprint density at radius 3 is 2.26 bits per heavy atom. The van der Waals surface area contributed by atoms with Gasteiger partial charge in [-0.1, -0.05) is 44.2 Å². The molecule has 1 aromatic rings. The van der Waals surface area contributed by atoms with Crippen molar-refractivity contribution in [2.45, 2.75) is 120 Å². The van der Waals surface area contributed by atoms with Crippen LogP contribution in [0.25, 0.3) is 0 Å². The van der Waals surface area contributed by atoms with E-state index < -0.39 is 11.9 Å². The number of carboxylic acid groups (broad SMARTS) is 2. The number of aliphatic carboxylic acids is 2. The predicted molar refractivity (Wildman–Crippen MR) is 168 cm³/mol. The van der Waals surface area contributed by atoms with Crippen LogP contribution in [0.15, 0.2) is 35.7 Å². The van der Waals surface area contributed by atoms with Gasteiger partial charge in [0.25, 0.3) is 0 Å². The molecule has 0 aromatic heterocycles. The maximum atomic E-state index is 12.2. The Balaban J connectivity index is 1.24. The van der Waals surface area contributed by atoms with Crippen LogP contribution in [0.3, 0.4) is 0 Å². The minimum Gasteiger partial charge on any atom is -0.480 e. The highest BCUT2D eigenvalue weighted by atomic mass is 16.4. The second-order valence-electron chi connectivity index (χ2n) is 14.9. The van der Waals surface area contributed by atoms with Gasteiger partial charge in [-0.05, 0) is 101 Å². The Kier molecular flexibility index (Phi) is 7.95. The standard InChI is InChI=1S/C35H50N4O4/c1-35-14-6-11-27(39(35)28-17-24-8-2-3-9-25(16-24)18-28)19-29(20-35)38-31-13-5-4-12-30(31)37(23-33(42)43)34(38)26-10-7-15-36(21-26)22-32(40)41/h4-5,12-13,24-25,27-29H,2-3,6-11,14-23H2,1H3,(H,40,41)(H,42,43)/b34-26+/t24-,25+,27?,28?,29-,35+/m1/s1. The molecule has 0 amide bonds. The van der Waals surface area contributed by atoms with Gasteiger partial charge in [0.2, 0.25) is 0 Å². The van der Waals surface area contributed by atoms with Crippen LogP contribution < -0.4 is 9.80 Å². The molecule has 1 aromatic carbocycles. The molecule has 7 rings (SSSR count). The zero-order valence-corrected chi connectivity index (χ0v) is 25.9. The summed E-state index contributed by atoms with van der Waals surface area (Å²) in [4.78, 5) is 33.4. The van der Waals surface area contributed by atoms with Crippen LogP contribution in [0.1, 0.15) is 96.8 Å². The van der Waals surface area contributed by atoms with Gasteiger partial charge in [-0.2, -0.15) is 0 Å². The van der Waals surface area contributed by atoms with Gasteiger partial charge in [0.05, 0.1) is 17.9 Å². The lowest BCUT2D eigenvalue weighted by molar-refractivity contribution is -0.138. The fourth-order valence-electron chi connectivity index (χ4n) is 10.5. The van der Waals surface area contributed by atoms with E-state index in [0.717, 1.165) is 61.3 Å². The smallest absolute Gasteiger partial charge is 0.323 e. The molecule has 8 nitrogen and oxygen atoms in total. The van der Waals surface area contributed by atoms with E-state index >= 15 is 0 Å². The van der Waals surface area contributed by atoms with E-state index in [9.17, 15) is 19.8 Å². The van der Waals surface area contributed by atoms with Gasteiger partial charge in [0, 0.05) is 30.2 Å². The molecule has 8 heteroatoms. The Labute approximate surface area is 256 Å².